The van der Waals surface area contributed by atoms with Gasteiger partial charge in [-0.3, -0.25) is 4.79 Å². The molecular weight excluding hydrogens is 228 g/mol. The van der Waals surface area contributed by atoms with E-state index in [1.807, 2.05) is 0 Å². The predicted octanol–water partition coefficient (Wildman–Crippen LogP) is 1.34. The summed E-state index contributed by atoms with van der Waals surface area (Å²) in [6.45, 7) is 0. The third-order valence-corrected chi connectivity index (χ3v) is 1.76. The van der Waals surface area contributed by atoms with Crippen LogP contribution >= 0.6 is 12.4 Å². The quantitative estimate of drug-likeness (QED) is 0.834. The van der Waals surface area contributed by atoms with Gasteiger partial charge in [0.25, 0.3) is 0 Å². The topological polar surface area (TPSA) is 63.3 Å². The van der Waals surface area contributed by atoms with Gasteiger partial charge in [-0.1, -0.05) is 6.07 Å². The fraction of sp³-hybridized carbons (Fsp3) is 0.222. The van der Waals surface area contributed by atoms with Gasteiger partial charge in [-0.25, -0.2) is 8.78 Å². The van der Waals surface area contributed by atoms with E-state index >= 15 is 0 Å². The second kappa shape index (κ2) is 5.63. The van der Waals surface area contributed by atoms with Crippen LogP contribution in [-0.2, 0) is 11.2 Å². The van der Waals surface area contributed by atoms with E-state index in [1.54, 1.807) is 0 Å². The molecule has 0 aliphatic heterocycles. The molecule has 1 rings (SSSR count). The summed E-state index contributed by atoms with van der Waals surface area (Å²) < 4.78 is 25.1. The average molecular weight is 238 g/mol. The number of nitrogens with two attached hydrogens (primary N) is 1. The lowest BCUT2D eigenvalue weighted by molar-refractivity contribution is -0.138. The number of halogens is 3. The van der Waals surface area contributed by atoms with E-state index in [9.17, 15) is 13.6 Å². The van der Waals surface area contributed by atoms with Crippen molar-refractivity contribution in [1.82, 2.24) is 0 Å². The zero-order valence-corrected chi connectivity index (χ0v) is 8.43. The van der Waals surface area contributed by atoms with Gasteiger partial charge in [0.1, 0.15) is 6.04 Å². The summed E-state index contributed by atoms with van der Waals surface area (Å²) in [6, 6.07) is 2.10. The minimum Gasteiger partial charge on any atom is -0.480 e. The molecule has 15 heavy (non-hydrogen) atoms. The van der Waals surface area contributed by atoms with Crippen molar-refractivity contribution in [2.45, 2.75) is 12.5 Å². The number of carboxylic acids is 1. The molecule has 6 heteroatoms. The first-order chi connectivity index (χ1) is 6.50. The second-order valence-electron chi connectivity index (χ2n) is 2.90. The summed E-state index contributed by atoms with van der Waals surface area (Å²) in [7, 11) is 0. The van der Waals surface area contributed by atoms with E-state index in [-0.39, 0.29) is 18.8 Å². The fourth-order valence-electron chi connectivity index (χ4n) is 1.01. The lowest BCUT2D eigenvalue weighted by Gasteiger charge is -2.06. The van der Waals surface area contributed by atoms with Crippen molar-refractivity contribution < 1.29 is 18.7 Å². The van der Waals surface area contributed by atoms with Crippen LogP contribution in [0.15, 0.2) is 18.2 Å². The Balaban J connectivity index is 0.00000196. The summed E-state index contributed by atoms with van der Waals surface area (Å²) >= 11 is 0. The van der Waals surface area contributed by atoms with Gasteiger partial charge < -0.3 is 10.8 Å². The highest BCUT2D eigenvalue weighted by Crippen LogP contribution is 2.10. The van der Waals surface area contributed by atoms with Crippen LogP contribution in [-0.4, -0.2) is 17.1 Å². The van der Waals surface area contributed by atoms with Crippen LogP contribution in [0.4, 0.5) is 8.78 Å². The molecular formula is C9H10ClF2NO2. The number of benzene rings is 1. The maximum atomic E-state index is 12.7. The smallest absolute Gasteiger partial charge is 0.320 e. The highest BCUT2D eigenvalue weighted by Gasteiger charge is 2.13. The van der Waals surface area contributed by atoms with E-state index in [4.69, 9.17) is 10.8 Å². The molecule has 0 spiro atoms. The zero-order chi connectivity index (χ0) is 10.7. The Morgan fingerprint density at radius 1 is 1.40 bits per heavy atom. The number of hydrogen-bond donors (Lipinski definition) is 2. The molecule has 0 saturated heterocycles. The number of carboxylic acid groups (broad SMARTS) is 1. The van der Waals surface area contributed by atoms with E-state index in [2.05, 4.69) is 0 Å². The Kier molecular flexibility index (Phi) is 5.18. The molecule has 0 radical (unpaired) electrons. The molecule has 0 bridgehead atoms. The minimum atomic E-state index is -1.17. The predicted molar refractivity (Wildman–Crippen MR) is 52.9 cm³/mol. The van der Waals surface area contributed by atoms with Crippen molar-refractivity contribution in [2.24, 2.45) is 5.73 Å². The first-order valence-electron chi connectivity index (χ1n) is 3.93. The van der Waals surface area contributed by atoms with E-state index in [0.717, 1.165) is 12.1 Å². The van der Waals surface area contributed by atoms with Crippen molar-refractivity contribution >= 4 is 18.4 Å². The Hall–Kier alpha value is -1.20. The maximum absolute atomic E-state index is 12.7. The van der Waals surface area contributed by atoms with Gasteiger partial charge in [0.15, 0.2) is 11.6 Å². The number of hydrogen-bond acceptors (Lipinski definition) is 2. The Morgan fingerprint density at radius 3 is 2.47 bits per heavy atom. The lowest BCUT2D eigenvalue weighted by Crippen LogP contribution is -2.32. The average Bonchev–Trinajstić information content (AvgIpc) is 2.11. The van der Waals surface area contributed by atoms with E-state index in [1.165, 1.54) is 6.07 Å². The summed E-state index contributed by atoms with van der Waals surface area (Å²) in [4.78, 5) is 10.4. The summed E-state index contributed by atoms with van der Waals surface area (Å²) in [5, 5.41) is 8.47. The molecule has 1 aromatic rings. The SMILES string of the molecule is Cl.NC(Cc1ccc(F)c(F)c1)C(=O)O. The van der Waals surface area contributed by atoms with Crippen LogP contribution < -0.4 is 5.73 Å². The fourth-order valence-corrected chi connectivity index (χ4v) is 1.01. The van der Waals surface area contributed by atoms with Gasteiger partial charge in [0, 0.05) is 0 Å². The molecule has 3 nitrogen and oxygen atoms in total. The number of rotatable bonds is 3. The molecule has 0 heterocycles. The maximum Gasteiger partial charge on any atom is 0.320 e. The molecule has 1 aromatic carbocycles. The van der Waals surface area contributed by atoms with Gasteiger partial charge in [0.2, 0.25) is 0 Å². The normalized spacial score (nSPS) is 11.7. The monoisotopic (exact) mass is 237 g/mol. The van der Waals surface area contributed by atoms with Crippen molar-refractivity contribution in [2.75, 3.05) is 0 Å². The zero-order valence-electron chi connectivity index (χ0n) is 7.61. The van der Waals surface area contributed by atoms with Crippen LogP contribution in [0.25, 0.3) is 0 Å². The van der Waals surface area contributed by atoms with Crippen LogP contribution in [0.3, 0.4) is 0 Å². The Bertz CT molecular complexity index is 360. The van der Waals surface area contributed by atoms with Gasteiger partial charge >= 0.3 is 5.97 Å². The molecule has 0 aliphatic carbocycles. The Morgan fingerprint density at radius 2 is 2.00 bits per heavy atom. The van der Waals surface area contributed by atoms with Crippen LogP contribution in [0, 0.1) is 11.6 Å². The van der Waals surface area contributed by atoms with Gasteiger partial charge in [-0.15, -0.1) is 12.4 Å². The molecule has 1 unspecified atom stereocenters. The minimum absolute atomic E-state index is 0. The highest BCUT2D eigenvalue weighted by molar-refractivity contribution is 5.85. The standard InChI is InChI=1S/C9H9F2NO2.ClH/c10-6-2-1-5(3-7(6)11)4-8(12)9(13)14;/h1-3,8H,4,12H2,(H,13,14);1H. The lowest BCUT2D eigenvalue weighted by atomic mass is 10.1. The third kappa shape index (κ3) is 3.81. The molecule has 0 aliphatic rings. The summed E-state index contributed by atoms with van der Waals surface area (Å²) in [5.74, 6) is -3.13. The van der Waals surface area contributed by atoms with Crippen molar-refractivity contribution in [1.29, 1.82) is 0 Å². The Labute approximate surface area is 91.3 Å². The molecule has 3 N–H and O–H groups in total. The molecule has 84 valence electrons. The molecule has 0 fully saturated rings. The molecule has 1 atom stereocenters. The molecule has 0 amide bonds. The summed E-state index contributed by atoms with van der Waals surface area (Å²) in [5.41, 5.74) is 5.58. The second-order valence-corrected chi connectivity index (χ2v) is 2.90. The first-order valence-corrected chi connectivity index (χ1v) is 3.93. The van der Waals surface area contributed by atoms with Crippen LogP contribution in [0.2, 0.25) is 0 Å². The van der Waals surface area contributed by atoms with Crippen LogP contribution in [0.1, 0.15) is 5.56 Å². The first kappa shape index (κ1) is 13.8. The van der Waals surface area contributed by atoms with Crippen molar-refractivity contribution in [3.63, 3.8) is 0 Å². The van der Waals surface area contributed by atoms with Gasteiger partial charge in [-0.2, -0.15) is 0 Å². The van der Waals surface area contributed by atoms with E-state index in [0.29, 0.717) is 5.56 Å². The third-order valence-electron chi connectivity index (χ3n) is 1.76. The van der Waals surface area contributed by atoms with Gasteiger partial charge in [-0.05, 0) is 24.1 Å². The summed E-state index contributed by atoms with van der Waals surface area (Å²) in [6.07, 6.45) is -0.0213. The van der Waals surface area contributed by atoms with E-state index < -0.39 is 23.6 Å². The molecule has 0 aromatic heterocycles. The van der Waals surface area contributed by atoms with Crippen molar-refractivity contribution in [3.05, 3.63) is 35.4 Å². The number of aliphatic carboxylic acids is 1. The largest absolute Gasteiger partial charge is 0.480 e. The van der Waals surface area contributed by atoms with Crippen molar-refractivity contribution in [3.8, 4) is 0 Å². The van der Waals surface area contributed by atoms with Gasteiger partial charge in [0.05, 0.1) is 0 Å². The van der Waals surface area contributed by atoms with Crippen LogP contribution in [0.5, 0.6) is 0 Å². The number of carbonyl (C=O) groups is 1. The molecule has 0 saturated carbocycles. The highest BCUT2D eigenvalue weighted by atomic mass is 35.5.